The maximum Gasteiger partial charge on any atom is 0.251 e. The zero-order valence-corrected chi connectivity index (χ0v) is 11.0. The summed E-state index contributed by atoms with van der Waals surface area (Å²) in [4.78, 5) is 11.6. The van der Waals surface area contributed by atoms with Crippen LogP contribution >= 0.6 is 0 Å². The van der Waals surface area contributed by atoms with Crippen LogP contribution in [0.25, 0.3) is 0 Å². The molecule has 1 aliphatic rings. The number of rotatable bonds is 3. The Morgan fingerprint density at radius 2 is 2.28 bits per heavy atom. The van der Waals surface area contributed by atoms with Gasteiger partial charge in [-0.25, -0.2) is 0 Å². The topological polar surface area (TPSA) is 53.2 Å². The molecule has 0 aliphatic carbocycles. The van der Waals surface area contributed by atoms with Gasteiger partial charge in [0.25, 0.3) is 5.91 Å². The number of hydrogen-bond acceptors (Lipinski definition) is 3. The van der Waals surface area contributed by atoms with Crippen molar-refractivity contribution in [1.82, 2.24) is 10.6 Å². The summed E-state index contributed by atoms with van der Waals surface area (Å²) in [5.74, 6) is -0.0418. The van der Waals surface area contributed by atoms with Crippen molar-refractivity contribution in [1.29, 1.82) is 0 Å². The van der Waals surface area contributed by atoms with E-state index in [1.165, 1.54) is 18.4 Å². The Labute approximate surface area is 108 Å². The summed E-state index contributed by atoms with van der Waals surface area (Å²) in [7, 11) is 1.65. The molecule has 1 saturated heterocycles. The minimum atomic E-state index is -0.0418. The van der Waals surface area contributed by atoms with Crippen molar-refractivity contribution in [2.24, 2.45) is 0 Å². The van der Waals surface area contributed by atoms with Crippen LogP contribution < -0.4 is 16.0 Å². The molecule has 0 radical (unpaired) electrons. The zero-order valence-electron chi connectivity index (χ0n) is 11.0. The maximum absolute atomic E-state index is 11.6. The molecule has 4 nitrogen and oxygen atoms in total. The summed E-state index contributed by atoms with van der Waals surface area (Å²) in [6.45, 7) is 4.16. The van der Waals surface area contributed by atoms with Gasteiger partial charge in [-0.15, -0.1) is 0 Å². The molecule has 1 atom stereocenters. The van der Waals surface area contributed by atoms with Crippen LogP contribution in [0.1, 0.15) is 28.8 Å². The van der Waals surface area contributed by atoms with Crippen LogP contribution in [-0.2, 0) is 0 Å². The lowest BCUT2D eigenvalue weighted by Gasteiger charge is -2.25. The van der Waals surface area contributed by atoms with Gasteiger partial charge in [0.1, 0.15) is 0 Å². The van der Waals surface area contributed by atoms with Gasteiger partial charge in [0.05, 0.1) is 0 Å². The van der Waals surface area contributed by atoms with Crippen LogP contribution in [0.4, 0.5) is 5.69 Å². The molecule has 0 spiro atoms. The summed E-state index contributed by atoms with van der Waals surface area (Å²) in [5, 5.41) is 9.56. The van der Waals surface area contributed by atoms with E-state index in [9.17, 15) is 4.79 Å². The fourth-order valence-electron chi connectivity index (χ4n) is 2.26. The molecule has 4 heteroatoms. The van der Waals surface area contributed by atoms with Crippen molar-refractivity contribution in [2.75, 3.05) is 25.5 Å². The largest absolute Gasteiger partial charge is 0.381 e. The maximum atomic E-state index is 11.6. The molecule has 1 amide bonds. The van der Waals surface area contributed by atoms with Crippen LogP contribution in [-0.4, -0.2) is 32.1 Å². The second kappa shape index (κ2) is 5.87. The predicted octanol–water partition coefficient (Wildman–Crippen LogP) is 1.52. The predicted molar refractivity (Wildman–Crippen MR) is 74.1 cm³/mol. The third-order valence-electron chi connectivity index (χ3n) is 3.38. The van der Waals surface area contributed by atoms with Crippen molar-refractivity contribution < 1.29 is 4.79 Å². The highest BCUT2D eigenvalue weighted by molar-refractivity contribution is 5.95. The Morgan fingerprint density at radius 3 is 2.94 bits per heavy atom. The SMILES string of the molecule is CNC(=O)c1ccc(C)c(NC2CCCNC2)c1. The van der Waals surface area contributed by atoms with E-state index in [4.69, 9.17) is 0 Å². The van der Waals surface area contributed by atoms with Crippen LogP contribution in [0, 0.1) is 6.92 Å². The molecule has 1 unspecified atom stereocenters. The van der Waals surface area contributed by atoms with Crippen molar-refractivity contribution in [2.45, 2.75) is 25.8 Å². The molecular weight excluding hydrogens is 226 g/mol. The summed E-state index contributed by atoms with van der Waals surface area (Å²) >= 11 is 0. The average Bonchev–Trinajstić information content (AvgIpc) is 2.41. The first kappa shape index (κ1) is 12.9. The number of amides is 1. The van der Waals surface area contributed by atoms with E-state index in [1.54, 1.807) is 7.05 Å². The molecule has 0 saturated carbocycles. The van der Waals surface area contributed by atoms with Crippen molar-refractivity contribution >= 4 is 11.6 Å². The van der Waals surface area contributed by atoms with Crippen molar-refractivity contribution in [3.63, 3.8) is 0 Å². The second-order valence-corrected chi connectivity index (χ2v) is 4.80. The van der Waals surface area contributed by atoms with Crippen LogP contribution in [0.15, 0.2) is 18.2 Å². The lowest BCUT2D eigenvalue weighted by molar-refractivity contribution is 0.0963. The first-order valence-electron chi connectivity index (χ1n) is 6.50. The third kappa shape index (κ3) is 3.01. The van der Waals surface area contributed by atoms with E-state index < -0.39 is 0 Å². The molecule has 1 aromatic rings. The van der Waals surface area contributed by atoms with E-state index in [-0.39, 0.29) is 5.91 Å². The van der Waals surface area contributed by atoms with E-state index in [2.05, 4.69) is 22.9 Å². The number of anilines is 1. The van der Waals surface area contributed by atoms with Crippen LogP contribution in [0.5, 0.6) is 0 Å². The van der Waals surface area contributed by atoms with E-state index >= 15 is 0 Å². The Hall–Kier alpha value is -1.55. The van der Waals surface area contributed by atoms with Gasteiger partial charge in [-0.1, -0.05) is 6.07 Å². The number of hydrogen-bond donors (Lipinski definition) is 3. The molecule has 1 aromatic carbocycles. The van der Waals surface area contributed by atoms with E-state index in [1.807, 2.05) is 18.2 Å². The molecule has 0 bridgehead atoms. The lowest BCUT2D eigenvalue weighted by atomic mass is 10.0. The molecule has 3 N–H and O–H groups in total. The van der Waals surface area contributed by atoms with Crippen LogP contribution in [0.2, 0.25) is 0 Å². The molecule has 1 aliphatic heterocycles. The van der Waals surface area contributed by atoms with E-state index in [0.29, 0.717) is 11.6 Å². The van der Waals surface area contributed by atoms with Gasteiger partial charge in [0.15, 0.2) is 0 Å². The first-order chi connectivity index (χ1) is 8.70. The van der Waals surface area contributed by atoms with Gasteiger partial charge >= 0.3 is 0 Å². The number of benzene rings is 1. The lowest BCUT2D eigenvalue weighted by Crippen LogP contribution is -2.38. The zero-order chi connectivity index (χ0) is 13.0. The number of carbonyl (C=O) groups is 1. The summed E-state index contributed by atoms with van der Waals surface area (Å²) in [6.07, 6.45) is 2.38. The highest BCUT2D eigenvalue weighted by Gasteiger charge is 2.14. The molecular formula is C14H21N3O. The number of nitrogens with one attached hydrogen (secondary N) is 3. The van der Waals surface area contributed by atoms with Crippen molar-refractivity contribution in [3.8, 4) is 0 Å². The Kier molecular flexibility index (Phi) is 4.20. The summed E-state index contributed by atoms with van der Waals surface area (Å²) < 4.78 is 0. The van der Waals surface area contributed by atoms with Crippen molar-refractivity contribution in [3.05, 3.63) is 29.3 Å². The quantitative estimate of drug-likeness (QED) is 0.759. The van der Waals surface area contributed by atoms with Gasteiger partial charge in [-0.3, -0.25) is 4.79 Å². The van der Waals surface area contributed by atoms with Gasteiger partial charge < -0.3 is 16.0 Å². The molecule has 1 fully saturated rings. The molecule has 98 valence electrons. The minimum absolute atomic E-state index is 0.0418. The summed E-state index contributed by atoms with van der Waals surface area (Å²) in [6, 6.07) is 6.24. The van der Waals surface area contributed by atoms with Gasteiger partial charge in [-0.2, -0.15) is 0 Å². The standard InChI is InChI=1S/C14H21N3O/c1-10-5-6-11(14(18)15-2)8-13(10)17-12-4-3-7-16-9-12/h5-6,8,12,16-17H,3-4,7,9H2,1-2H3,(H,15,18). The Bertz CT molecular complexity index is 425. The van der Waals surface area contributed by atoms with Crippen LogP contribution in [0.3, 0.4) is 0 Å². The second-order valence-electron chi connectivity index (χ2n) is 4.80. The normalized spacial score (nSPS) is 19.3. The number of piperidine rings is 1. The van der Waals surface area contributed by atoms with E-state index in [0.717, 1.165) is 18.8 Å². The third-order valence-corrected chi connectivity index (χ3v) is 3.38. The number of aryl methyl sites for hydroxylation is 1. The Balaban J connectivity index is 2.12. The molecule has 2 rings (SSSR count). The average molecular weight is 247 g/mol. The number of carbonyl (C=O) groups excluding carboxylic acids is 1. The summed E-state index contributed by atoms with van der Waals surface area (Å²) in [5.41, 5.74) is 2.94. The highest BCUT2D eigenvalue weighted by Crippen LogP contribution is 2.19. The molecule has 0 aromatic heterocycles. The first-order valence-corrected chi connectivity index (χ1v) is 6.50. The Morgan fingerprint density at radius 1 is 1.44 bits per heavy atom. The van der Waals surface area contributed by atoms with Gasteiger partial charge in [0, 0.05) is 30.9 Å². The molecule has 1 heterocycles. The fraction of sp³-hybridized carbons (Fsp3) is 0.500. The molecule has 18 heavy (non-hydrogen) atoms. The highest BCUT2D eigenvalue weighted by atomic mass is 16.1. The van der Waals surface area contributed by atoms with Gasteiger partial charge in [0.2, 0.25) is 0 Å². The minimum Gasteiger partial charge on any atom is -0.381 e. The monoisotopic (exact) mass is 247 g/mol. The fourth-order valence-corrected chi connectivity index (χ4v) is 2.26. The smallest absolute Gasteiger partial charge is 0.251 e. The van der Waals surface area contributed by atoms with Gasteiger partial charge in [-0.05, 0) is 44.0 Å².